The van der Waals surface area contributed by atoms with Gasteiger partial charge in [0.1, 0.15) is 6.04 Å². The summed E-state index contributed by atoms with van der Waals surface area (Å²) in [7, 11) is 1.36. The molecular formula is C12H23NO3S. The maximum atomic E-state index is 11.1. The first-order valence-electron chi connectivity index (χ1n) is 6.03. The largest absolute Gasteiger partial charge is 0.468 e. The molecule has 5 heteroatoms. The molecule has 1 saturated heterocycles. The molecule has 1 heterocycles. The van der Waals surface area contributed by atoms with Crippen LogP contribution in [-0.4, -0.2) is 42.3 Å². The van der Waals surface area contributed by atoms with Gasteiger partial charge in [0, 0.05) is 5.75 Å². The fourth-order valence-electron chi connectivity index (χ4n) is 1.89. The third kappa shape index (κ3) is 5.27. The first-order valence-corrected chi connectivity index (χ1v) is 7.19. The summed E-state index contributed by atoms with van der Waals surface area (Å²) in [5.41, 5.74) is 5.68. The molecule has 0 amide bonds. The van der Waals surface area contributed by atoms with Crippen LogP contribution in [0.25, 0.3) is 0 Å². The highest BCUT2D eigenvalue weighted by Gasteiger charge is 2.31. The minimum Gasteiger partial charge on any atom is -0.468 e. The number of esters is 1. The third-order valence-electron chi connectivity index (χ3n) is 2.93. The van der Waals surface area contributed by atoms with Crippen LogP contribution in [0.3, 0.4) is 0 Å². The van der Waals surface area contributed by atoms with Gasteiger partial charge in [0.2, 0.25) is 0 Å². The zero-order valence-electron chi connectivity index (χ0n) is 10.9. The second kappa shape index (κ2) is 6.61. The molecule has 0 spiro atoms. The van der Waals surface area contributed by atoms with E-state index >= 15 is 0 Å². The summed E-state index contributed by atoms with van der Waals surface area (Å²) in [4.78, 5) is 11.1. The van der Waals surface area contributed by atoms with Crippen LogP contribution < -0.4 is 5.73 Å². The molecule has 0 radical (unpaired) electrons. The van der Waals surface area contributed by atoms with Gasteiger partial charge in [-0.3, -0.25) is 4.79 Å². The van der Waals surface area contributed by atoms with E-state index in [-0.39, 0.29) is 11.6 Å². The van der Waals surface area contributed by atoms with Gasteiger partial charge in [-0.1, -0.05) is 0 Å². The van der Waals surface area contributed by atoms with Gasteiger partial charge in [-0.25, -0.2) is 0 Å². The first-order chi connectivity index (χ1) is 7.94. The number of hydrogen-bond donors (Lipinski definition) is 1. The minimum absolute atomic E-state index is 0.0354. The van der Waals surface area contributed by atoms with E-state index in [1.165, 1.54) is 7.11 Å². The summed E-state index contributed by atoms with van der Waals surface area (Å²) < 4.78 is 10.5. The van der Waals surface area contributed by atoms with Crippen molar-refractivity contribution in [1.29, 1.82) is 0 Å². The highest BCUT2D eigenvalue weighted by molar-refractivity contribution is 7.99. The SMILES string of the molecule is COC(=O)C(N)CCSCC1CCC(C)(C)O1. The highest BCUT2D eigenvalue weighted by atomic mass is 32.2. The number of rotatable bonds is 6. The molecule has 100 valence electrons. The quantitative estimate of drug-likeness (QED) is 0.581. The molecule has 1 fully saturated rings. The maximum absolute atomic E-state index is 11.1. The second-order valence-electron chi connectivity index (χ2n) is 5.03. The van der Waals surface area contributed by atoms with Crippen molar-refractivity contribution in [3.8, 4) is 0 Å². The predicted molar refractivity (Wildman–Crippen MR) is 70.1 cm³/mol. The van der Waals surface area contributed by atoms with E-state index in [4.69, 9.17) is 10.5 Å². The fraction of sp³-hybridized carbons (Fsp3) is 0.917. The Morgan fingerprint density at radius 3 is 2.88 bits per heavy atom. The van der Waals surface area contributed by atoms with E-state index in [0.29, 0.717) is 12.5 Å². The lowest BCUT2D eigenvalue weighted by Crippen LogP contribution is -2.32. The molecule has 4 nitrogen and oxygen atoms in total. The number of carbonyl (C=O) groups excluding carboxylic acids is 1. The average molecular weight is 261 g/mol. The molecule has 0 bridgehead atoms. The molecule has 0 saturated carbocycles. The Hall–Kier alpha value is -0.260. The van der Waals surface area contributed by atoms with Crippen molar-refractivity contribution in [1.82, 2.24) is 0 Å². The van der Waals surface area contributed by atoms with Crippen LogP contribution in [0.2, 0.25) is 0 Å². The Balaban J connectivity index is 2.07. The molecule has 2 N–H and O–H groups in total. The van der Waals surface area contributed by atoms with Crippen molar-refractivity contribution in [2.75, 3.05) is 18.6 Å². The smallest absolute Gasteiger partial charge is 0.322 e. The van der Waals surface area contributed by atoms with Crippen molar-refractivity contribution in [3.63, 3.8) is 0 Å². The van der Waals surface area contributed by atoms with Crippen molar-refractivity contribution in [3.05, 3.63) is 0 Å². The lowest BCUT2D eigenvalue weighted by molar-refractivity contribution is -0.142. The lowest BCUT2D eigenvalue weighted by atomic mass is 10.1. The van der Waals surface area contributed by atoms with Crippen LogP contribution in [-0.2, 0) is 14.3 Å². The predicted octanol–water partition coefficient (Wildman–Crippen LogP) is 1.57. The lowest BCUT2D eigenvalue weighted by Gasteiger charge is -2.19. The Labute approximate surface area is 108 Å². The van der Waals surface area contributed by atoms with E-state index in [2.05, 4.69) is 18.6 Å². The third-order valence-corrected chi connectivity index (χ3v) is 4.07. The van der Waals surface area contributed by atoms with Crippen molar-refractivity contribution in [2.45, 2.75) is 50.9 Å². The van der Waals surface area contributed by atoms with Gasteiger partial charge in [-0.2, -0.15) is 11.8 Å². The topological polar surface area (TPSA) is 61.5 Å². The summed E-state index contributed by atoms with van der Waals surface area (Å²) in [6.45, 7) is 4.26. The van der Waals surface area contributed by atoms with Crippen LogP contribution in [0.1, 0.15) is 33.1 Å². The van der Waals surface area contributed by atoms with E-state index < -0.39 is 6.04 Å². The molecule has 1 rings (SSSR count). The Kier molecular flexibility index (Phi) is 5.76. The molecule has 1 aliphatic rings. The van der Waals surface area contributed by atoms with Gasteiger partial charge >= 0.3 is 5.97 Å². The second-order valence-corrected chi connectivity index (χ2v) is 6.18. The van der Waals surface area contributed by atoms with Crippen LogP contribution in [0.4, 0.5) is 0 Å². The molecule has 0 aromatic carbocycles. The summed E-state index contributed by atoms with van der Waals surface area (Å²) in [6.07, 6.45) is 3.26. The van der Waals surface area contributed by atoms with Crippen molar-refractivity contribution >= 4 is 17.7 Å². The highest BCUT2D eigenvalue weighted by Crippen LogP contribution is 2.31. The number of nitrogens with two attached hydrogens (primary N) is 1. The summed E-state index contributed by atoms with van der Waals surface area (Å²) in [6, 6.07) is -0.492. The number of methoxy groups -OCH3 is 1. The van der Waals surface area contributed by atoms with Crippen LogP contribution in [0, 0.1) is 0 Å². The Bertz CT molecular complexity index is 258. The number of carbonyl (C=O) groups is 1. The van der Waals surface area contributed by atoms with Crippen molar-refractivity contribution in [2.24, 2.45) is 5.73 Å². The van der Waals surface area contributed by atoms with Gasteiger partial charge in [0.15, 0.2) is 0 Å². The molecule has 0 aromatic rings. The molecule has 2 unspecified atom stereocenters. The fourth-order valence-corrected chi connectivity index (χ4v) is 2.97. The van der Waals surface area contributed by atoms with E-state index in [0.717, 1.165) is 24.3 Å². The molecular weight excluding hydrogens is 238 g/mol. The number of ether oxygens (including phenoxy) is 2. The first kappa shape index (κ1) is 14.8. The normalized spacial score (nSPS) is 24.6. The van der Waals surface area contributed by atoms with Gasteiger partial charge in [-0.15, -0.1) is 0 Å². The maximum Gasteiger partial charge on any atom is 0.322 e. The summed E-state index contributed by atoms with van der Waals surface area (Å²) in [5.74, 6) is 1.53. The zero-order chi connectivity index (χ0) is 12.9. The van der Waals surface area contributed by atoms with E-state index in [9.17, 15) is 4.79 Å². The molecule has 0 aromatic heterocycles. The molecule has 2 atom stereocenters. The monoisotopic (exact) mass is 261 g/mol. The average Bonchev–Trinajstić information content (AvgIpc) is 2.63. The standard InChI is InChI=1S/C12H23NO3S/c1-12(2)6-4-9(16-12)8-17-7-5-10(13)11(14)15-3/h9-10H,4-8,13H2,1-3H3. The van der Waals surface area contributed by atoms with Crippen LogP contribution >= 0.6 is 11.8 Å². The number of thioether (sulfide) groups is 1. The van der Waals surface area contributed by atoms with Crippen molar-refractivity contribution < 1.29 is 14.3 Å². The number of hydrogen-bond acceptors (Lipinski definition) is 5. The van der Waals surface area contributed by atoms with Gasteiger partial charge < -0.3 is 15.2 Å². The summed E-state index contributed by atoms with van der Waals surface area (Å²) >= 11 is 1.79. The van der Waals surface area contributed by atoms with Gasteiger partial charge in [0.05, 0.1) is 18.8 Å². The van der Waals surface area contributed by atoms with Crippen LogP contribution in [0.5, 0.6) is 0 Å². The van der Waals surface area contributed by atoms with E-state index in [1.54, 1.807) is 11.8 Å². The van der Waals surface area contributed by atoms with Crippen LogP contribution in [0.15, 0.2) is 0 Å². The molecule has 1 aliphatic heterocycles. The van der Waals surface area contributed by atoms with E-state index in [1.807, 2.05) is 0 Å². The van der Waals surface area contributed by atoms with Gasteiger partial charge in [-0.05, 0) is 38.9 Å². The summed E-state index contributed by atoms with van der Waals surface area (Å²) in [5, 5.41) is 0. The Morgan fingerprint density at radius 1 is 1.65 bits per heavy atom. The minimum atomic E-state index is -0.492. The molecule has 17 heavy (non-hydrogen) atoms. The zero-order valence-corrected chi connectivity index (χ0v) is 11.7. The Morgan fingerprint density at radius 2 is 2.35 bits per heavy atom. The van der Waals surface area contributed by atoms with Gasteiger partial charge in [0.25, 0.3) is 0 Å². The molecule has 0 aliphatic carbocycles.